The van der Waals surface area contributed by atoms with Gasteiger partial charge in [0.1, 0.15) is 27.9 Å². The van der Waals surface area contributed by atoms with Gasteiger partial charge >= 0.3 is 5.97 Å². The number of carbonyl (C=O) groups excluding carboxylic acids is 3. The minimum absolute atomic E-state index is 0.000380. The molecule has 3 aromatic carbocycles. The molecule has 0 aliphatic carbocycles. The van der Waals surface area contributed by atoms with Crippen LogP contribution in [0.3, 0.4) is 0 Å². The lowest BCUT2D eigenvalue weighted by atomic mass is 10.0. The van der Waals surface area contributed by atoms with E-state index >= 15 is 0 Å². The Morgan fingerprint density at radius 1 is 1.02 bits per heavy atom. The third-order valence-corrected chi connectivity index (χ3v) is 9.56. The fraction of sp³-hybridized carbons (Fsp3) is 0.161. The van der Waals surface area contributed by atoms with Gasteiger partial charge in [-0.2, -0.15) is 0 Å². The number of nitrogens with zero attached hydrogens (tertiary/aromatic N) is 2. The summed E-state index contributed by atoms with van der Waals surface area (Å²) in [5.41, 5.74) is 2.67. The zero-order valence-electron chi connectivity index (χ0n) is 22.0. The van der Waals surface area contributed by atoms with Gasteiger partial charge in [-0.15, -0.1) is 23.1 Å². The van der Waals surface area contributed by atoms with Crippen molar-refractivity contribution in [3.05, 3.63) is 118 Å². The van der Waals surface area contributed by atoms with Crippen LogP contribution in [-0.2, 0) is 25.5 Å². The van der Waals surface area contributed by atoms with E-state index in [1.54, 1.807) is 29.6 Å². The average Bonchev–Trinajstić information content (AvgIpc) is 3.47. The van der Waals surface area contributed by atoms with Gasteiger partial charge in [0.05, 0.1) is 22.7 Å². The number of benzene rings is 3. The van der Waals surface area contributed by atoms with Crippen LogP contribution in [0.1, 0.15) is 22.9 Å². The van der Waals surface area contributed by atoms with E-state index in [2.05, 4.69) is 10.3 Å². The summed E-state index contributed by atoms with van der Waals surface area (Å²) in [7, 11) is 0. The van der Waals surface area contributed by atoms with E-state index in [1.807, 2.05) is 60.7 Å². The topological polar surface area (TPSA) is 109 Å². The van der Waals surface area contributed by atoms with Gasteiger partial charge in [-0.05, 0) is 23.3 Å². The highest BCUT2D eigenvalue weighted by Gasteiger charge is 2.54. The number of thiazole rings is 1. The number of thioether (sulfide) groups is 1. The third kappa shape index (κ3) is 5.53. The summed E-state index contributed by atoms with van der Waals surface area (Å²) < 4.78 is 5.98. The van der Waals surface area contributed by atoms with Gasteiger partial charge in [-0.3, -0.25) is 14.5 Å². The second kappa shape index (κ2) is 12.0. The van der Waals surface area contributed by atoms with Crippen LogP contribution in [0, 0.1) is 0 Å². The molecule has 0 saturated carbocycles. The largest absolute Gasteiger partial charge is 0.507 e. The molecule has 0 unspecified atom stereocenters. The zero-order chi connectivity index (χ0) is 29.2. The molecule has 42 heavy (non-hydrogen) atoms. The number of nitrogens with one attached hydrogen (secondary N) is 1. The van der Waals surface area contributed by atoms with Crippen molar-refractivity contribution in [3.63, 3.8) is 0 Å². The number of para-hydroxylation sites is 1. The molecule has 6 rings (SSSR count). The quantitative estimate of drug-likeness (QED) is 0.206. The van der Waals surface area contributed by atoms with Crippen molar-refractivity contribution < 1.29 is 24.2 Å². The first-order valence-corrected chi connectivity index (χ1v) is 15.4. The van der Waals surface area contributed by atoms with Crippen molar-refractivity contribution in [1.82, 2.24) is 15.2 Å². The predicted molar refractivity (Wildman–Crippen MR) is 162 cm³/mol. The van der Waals surface area contributed by atoms with Gasteiger partial charge < -0.3 is 15.2 Å². The van der Waals surface area contributed by atoms with E-state index in [0.717, 1.165) is 11.1 Å². The molecule has 2 aliphatic heterocycles. The highest BCUT2D eigenvalue weighted by molar-refractivity contribution is 8.00. The number of amides is 2. The number of fused-ring (bicyclic) bond motifs is 1. The fourth-order valence-corrected chi connectivity index (χ4v) is 7.27. The Labute approximate surface area is 255 Å². The molecule has 11 heteroatoms. The average molecular weight is 618 g/mol. The van der Waals surface area contributed by atoms with Gasteiger partial charge in [-0.1, -0.05) is 84.4 Å². The number of hydrogen-bond acceptors (Lipinski definition) is 8. The minimum Gasteiger partial charge on any atom is -0.507 e. The lowest BCUT2D eigenvalue weighted by Gasteiger charge is -2.49. The SMILES string of the molecule is O=C(Cc1csc(-c2ccccc2O)n1)N[C@@H]1C(=O)N2C(C(=O)OC(c3ccccc3)c3ccccc3)=C(Cl)CS[C@H]12. The normalized spacial score (nSPS) is 18.0. The van der Waals surface area contributed by atoms with E-state index in [-0.39, 0.29) is 28.8 Å². The van der Waals surface area contributed by atoms with Crippen LogP contribution in [0.4, 0.5) is 0 Å². The Morgan fingerprint density at radius 2 is 1.67 bits per heavy atom. The molecule has 2 N–H and O–H groups in total. The number of esters is 1. The van der Waals surface area contributed by atoms with Crippen LogP contribution in [0.25, 0.3) is 10.6 Å². The summed E-state index contributed by atoms with van der Waals surface area (Å²) in [5.74, 6) is -1.11. The number of ether oxygens (including phenoxy) is 1. The first-order valence-electron chi connectivity index (χ1n) is 13.1. The van der Waals surface area contributed by atoms with Gasteiger partial charge in [0.25, 0.3) is 5.91 Å². The number of phenols is 1. The smallest absolute Gasteiger partial charge is 0.357 e. The Kier molecular flexibility index (Phi) is 8.01. The van der Waals surface area contributed by atoms with Crippen molar-refractivity contribution in [2.75, 3.05) is 5.75 Å². The standard InChI is InChI=1S/C31H24ClN3O5S2/c32-22-17-42-30-25(34-24(37)15-20-16-41-28(33-20)21-13-7-8-14-23(21)36)29(38)35(30)26(22)31(39)40-27(18-9-3-1-4-10-18)19-11-5-2-6-12-19/h1-14,16,25,27,30,36H,15,17H2,(H,34,37)/t25-,30-/m1/s1. The molecule has 0 radical (unpaired) electrons. The first kappa shape index (κ1) is 28.0. The summed E-state index contributed by atoms with van der Waals surface area (Å²) in [6.07, 6.45) is -0.732. The summed E-state index contributed by atoms with van der Waals surface area (Å²) in [5, 5.41) is 14.9. The van der Waals surface area contributed by atoms with Crippen molar-refractivity contribution in [2.45, 2.75) is 23.9 Å². The van der Waals surface area contributed by atoms with E-state index in [1.165, 1.54) is 28.0 Å². The Balaban J connectivity index is 1.14. The molecule has 2 aliphatic rings. The van der Waals surface area contributed by atoms with E-state index in [0.29, 0.717) is 22.0 Å². The van der Waals surface area contributed by atoms with Gasteiger partial charge in [-0.25, -0.2) is 9.78 Å². The monoisotopic (exact) mass is 617 g/mol. The molecule has 8 nitrogen and oxygen atoms in total. The van der Waals surface area contributed by atoms with Crippen molar-refractivity contribution in [3.8, 4) is 16.3 Å². The maximum absolute atomic E-state index is 13.5. The molecule has 1 aromatic heterocycles. The minimum atomic E-state index is -0.814. The summed E-state index contributed by atoms with van der Waals surface area (Å²) in [6.45, 7) is 0. The molecular weight excluding hydrogens is 594 g/mol. The van der Waals surface area contributed by atoms with Gasteiger partial charge in [0.2, 0.25) is 5.91 Å². The second-order valence-electron chi connectivity index (χ2n) is 9.65. The van der Waals surface area contributed by atoms with Crippen LogP contribution in [0.2, 0.25) is 0 Å². The molecule has 2 amide bonds. The summed E-state index contributed by atoms with van der Waals surface area (Å²) >= 11 is 9.18. The number of carbonyl (C=O) groups is 3. The van der Waals surface area contributed by atoms with Crippen molar-refractivity contribution >= 4 is 52.5 Å². The molecule has 1 fully saturated rings. The van der Waals surface area contributed by atoms with Gasteiger partial charge in [0, 0.05) is 11.1 Å². The third-order valence-electron chi connectivity index (χ3n) is 6.89. The maximum atomic E-state index is 13.5. The zero-order valence-corrected chi connectivity index (χ0v) is 24.4. The predicted octanol–water partition coefficient (Wildman–Crippen LogP) is 5.24. The van der Waals surface area contributed by atoms with Crippen LogP contribution in [0.15, 0.2) is 101 Å². The molecule has 3 heterocycles. The molecule has 2 atom stereocenters. The van der Waals surface area contributed by atoms with Crippen LogP contribution < -0.4 is 5.32 Å². The number of phenolic OH excluding ortho intramolecular Hbond substituents is 1. The number of aromatic hydroxyl groups is 1. The molecule has 4 aromatic rings. The lowest BCUT2D eigenvalue weighted by molar-refractivity contribution is -0.154. The molecular formula is C31H24ClN3O5S2. The number of β-lactam (4-membered cyclic amide) rings is 1. The highest BCUT2D eigenvalue weighted by atomic mass is 35.5. The maximum Gasteiger partial charge on any atom is 0.357 e. The van der Waals surface area contributed by atoms with Gasteiger partial charge in [0.15, 0.2) is 6.10 Å². The van der Waals surface area contributed by atoms with Crippen LogP contribution in [0.5, 0.6) is 5.75 Å². The number of hydrogen-bond donors (Lipinski definition) is 2. The fourth-order valence-electron chi connectivity index (χ4n) is 4.87. The molecule has 1 saturated heterocycles. The molecule has 0 spiro atoms. The molecule has 212 valence electrons. The van der Waals surface area contributed by atoms with E-state index in [9.17, 15) is 19.5 Å². The Morgan fingerprint density at radius 3 is 2.33 bits per heavy atom. The lowest BCUT2D eigenvalue weighted by Crippen LogP contribution is -2.70. The van der Waals surface area contributed by atoms with Crippen molar-refractivity contribution in [1.29, 1.82) is 0 Å². The van der Waals surface area contributed by atoms with Crippen LogP contribution in [-0.4, -0.2) is 49.9 Å². The first-order chi connectivity index (χ1) is 20.4. The van der Waals surface area contributed by atoms with E-state index in [4.69, 9.17) is 16.3 Å². The highest BCUT2D eigenvalue weighted by Crippen LogP contribution is 2.42. The van der Waals surface area contributed by atoms with Crippen molar-refractivity contribution in [2.24, 2.45) is 0 Å². The molecule has 0 bridgehead atoms. The summed E-state index contributed by atoms with van der Waals surface area (Å²) in [6, 6.07) is 24.7. The summed E-state index contributed by atoms with van der Waals surface area (Å²) in [4.78, 5) is 45.5. The Hall–Kier alpha value is -4.12. The van der Waals surface area contributed by atoms with E-state index < -0.39 is 29.4 Å². The number of rotatable bonds is 8. The number of aromatic nitrogens is 1. The van der Waals surface area contributed by atoms with Crippen LogP contribution >= 0.6 is 34.7 Å². The number of halogens is 1. The second-order valence-corrected chi connectivity index (χ2v) is 12.1. The Bertz CT molecular complexity index is 1640.